The Hall–Kier alpha value is -11.2. The molecule has 2 heterocycles. The Bertz CT molecular complexity index is 4500. The molecule has 0 aliphatic carbocycles. The zero-order chi connectivity index (χ0) is 55.6. The molecule has 7 nitrogen and oxygen atoms in total. The molecule has 0 N–H and O–H groups in total. The van der Waals surface area contributed by atoms with Crippen LogP contribution in [0.25, 0.3) is 111 Å². The molecule has 0 amide bonds. The van der Waals surface area contributed by atoms with Crippen molar-refractivity contribution in [3.05, 3.63) is 239 Å². The highest BCUT2D eigenvalue weighted by Gasteiger charge is 2.38. The number of hydrogen-bond acceptors (Lipinski definition) is 5. The second-order valence-corrected chi connectivity index (χ2v) is 19.1. The lowest BCUT2D eigenvalue weighted by Gasteiger charge is -2.21. The number of nitrogens with zero attached hydrogens (tertiary/aromatic N) is 7. The van der Waals surface area contributed by atoms with E-state index >= 15 is 26.3 Å². The van der Waals surface area contributed by atoms with E-state index < -0.39 is 29.0 Å². The molecule has 0 fully saturated rings. The van der Waals surface area contributed by atoms with E-state index in [-0.39, 0.29) is 28.6 Å². The number of rotatable bonds is 7. The summed E-state index contributed by atoms with van der Waals surface area (Å²) in [5.74, 6) is 0. The van der Waals surface area contributed by atoms with Crippen LogP contribution in [0.15, 0.2) is 200 Å². The van der Waals surface area contributed by atoms with Gasteiger partial charge in [-0.05, 0) is 153 Å². The maximum absolute atomic E-state index is 15.1. The SMILES string of the molecule is N#Cc1ccc(-c2ccc3c4ccc(-c5ccc(C#N)cc5)cc4n(-c4cc(-c5cc(C(F)(F)F)cc(C(F)(F)F)c5)c(-n5c6cc(-c7ccc(C#N)cc7)ccc6c6ccc(-c7ccc(C#N)cc7)cc65)cc4C#N)c3c2)cc1. The first-order chi connectivity index (χ1) is 38.6. The van der Waals surface area contributed by atoms with Gasteiger partial charge in [0.25, 0.3) is 0 Å². The topological polar surface area (TPSA) is 129 Å². The molecule has 0 aliphatic rings. The van der Waals surface area contributed by atoms with Gasteiger partial charge in [-0.25, -0.2) is 0 Å². The highest BCUT2D eigenvalue weighted by Crippen LogP contribution is 2.46. The van der Waals surface area contributed by atoms with Gasteiger partial charge in [-0.15, -0.1) is 0 Å². The third-order valence-corrected chi connectivity index (χ3v) is 14.5. The first-order valence-corrected chi connectivity index (χ1v) is 24.7. The molecule has 0 aliphatic heterocycles. The number of fused-ring (bicyclic) bond motifs is 6. The average Bonchev–Trinajstić information content (AvgIpc) is 3.46. The second-order valence-electron chi connectivity index (χ2n) is 19.1. The van der Waals surface area contributed by atoms with Gasteiger partial charge in [0.1, 0.15) is 6.07 Å². The Labute approximate surface area is 452 Å². The van der Waals surface area contributed by atoms with Gasteiger partial charge >= 0.3 is 12.4 Å². The van der Waals surface area contributed by atoms with Crippen molar-refractivity contribution in [2.45, 2.75) is 12.4 Å². The molecule has 80 heavy (non-hydrogen) atoms. The fourth-order valence-electron chi connectivity index (χ4n) is 10.6. The quantitative estimate of drug-likeness (QED) is 0.147. The molecule has 378 valence electrons. The highest BCUT2D eigenvalue weighted by molar-refractivity contribution is 6.13. The predicted octanol–water partition coefficient (Wildman–Crippen LogP) is 17.6. The lowest BCUT2D eigenvalue weighted by Crippen LogP contribution is -2.11. The van der Waals surface area contributed by atoms with E-state index in [4.69, 9.17) is 0 Å². The fraction of sp³-hybridized carbons (Fsp3) is 0.0299. The fourth-order valence-corrected chi connectivity index (χ4v) is 10.6. The summed E-state index contributed by atoms with van der Waals surface area (Å²) in [6, 6.07) is 65.6. The van der Waals surface area contributed by atoms with Crippen LogP contribution in [-0.2, 0) is 12.4 Å². The summed E-state index contributed by atoms with van der Waals surface area (Å²) in [6.45, 7) is 0. The van der Waals surface area contributed by atoms with Crippen LogP contribution in [0.5, 0.6) is 0 Å². The van der Waals surface area contributed by atoms with Crippen LogP contribution >= 0.6 is 0 Å². The summed E-state index contributed by atoms with van der Waals surface area (Å²) in [4.78, 5) is 0. The molecule has 2 aromatic heterocycles. The Morgan fingerprint density at radius 1 is 0.275 bits per heavy atom. The first-order valence-electron chi connectivity index (χ1n) is 24.7. The molecule has 0 radical (unpaired) electrons. The summed E-state index contributed by atoms with van der Waals surface area (Å²) < 4.78 is 94.0. The number of hydrogen-bond donors (Lipinski definition) is 0. The van der Waals surface area contributed by atoms with Crippen LogP contribution < -0.4 is 0 Å². The zero-order valence-corrected chi connectivity index (χ0v) is 41.5. The maximum atomic E-state index is 15.1. The normalized spacial score (nSPS) is 11.6. The van der Waals surface area contributed by atoms with Gasteiger partial charge in [0.2, 0.25) is 0 Å². The van der Waals surface area contributed by atoms with E-state index in [1.54, 1.807) is 106 Å². The summed E-state index contributed by atoms with van der Waals surface area (Å²) in [5.41, 5.74) is 6.15. The molecule has 0 atom stereocenters. The molecular formula is C67H33F6N7. The van der Waals surface area contributed by atoms with Crippen LogP contribution in [0.3, 0.4) is 0 Å². The molecule has 0 unspecified atom stereocenters. The van der Waals surface area contributed by atoms with Crippen LogP contribution in [0.4, 0.5) is 26.3 Å². The summed E-state index contributed by atoms with van der Waals surface area (Å²) in [6.07, 6.45) is -10.4. The van der Waals surface area contributed by atoms with Gasteiger partial charge in [-0.2, -0.15) is 52.7 Å². The standard InChI is InChI=1S/C67H33F6N7/c68-66(69,70)53-25-51(26-54(32-53)67(71,72)73)59-33-60(79-61-27-47(43-9-1-39(34-74)2-10-43)17-21-55(61)56-22-18-48(28-62(56)79)44-11-3-40(35-75)4-12-44)52(38-78)31-65(59)80-63-29-49(45-13-5-41(36-76)6-14-45)19-23-57(63)58-24-20-50(30-64(58)80)46-15-7-42(37-77)8-16-46/h1-33H. The van der Waals surface area contributed by atoms with Crippen LogP contribution in [0, 0.1) is 56.7 Å². The number of nitriles is 5. The third kappa shape index (κ3) is 8.66. The van der Waals surface area contributed by atoms with Gasteiger partial charge < -0.3 is 9.13 Å². The Morgan fingerprint density at radius 2 is 0.562 bits per heavy atom. The van der Waals surface area contributed by atoms with Crippen molar-refractivity contribution in [2.24, 2.45) is 0 Å². The van der Waals surface area contributed by atoms with E-state index in [9.17, 15) is 26.3 Å². The minimum atomic E-state index is -5.22. The van der Waals surface area contributed by atoms with Crippen molar-refractivity contribution < 1.29 is 26.3 Å². The van der Waals surface area contributed by atoms with Crippen LogP contribution in [0.2, 0.25) is 0 Å². The number of aromatic nitrogens is 2. The van der Waals surface area contributed by atoms with E-state index in [1.165, 1.54) is 12.1 Å². The van der Waals surface area contributed by atoms with Gasteiger partial charge in [0, 0.05) is 27.1 Å². The molecule has 0 saturated carbocycles. The average molecular weight is 1050 g/mol. The molecule has 12 aromatic rings. The van der Waals surface area contributed by atoms with Crippen molar-refractivity contribution >= 4 is 43.6 Å². The van der Waals surface area contributed by atoms with Gasteiger partial charge in [0.15, 0.2) is 0 Å². The number of benzene rings is 10. The van der Waals surface area contributed by atoms with Crippen molar-refractivity contribution in [3.8, 4) is 97.4 Å². The molecule has 13 heteroatoms. The van der Waals surface area contributed by atoms with Crippen molar-refractivity contribution in [3.63, 3.8) is 0 Å². The van der Waals surface area contributed by atoms with Crippen molar-refractivity contribution in [1.82, 2.24) is 9.13 Å². The molecule has 0 bridgehead atoms. The first kappa shape index (κ1) is 49.7. The van der Waals surface area contributed by atoms with E-state index in [2.05, 4.69) is 30.3 Å². The maximum Gasteiger partial charge on any atom is 0.416 e. The van der Waals surface area contributed by atoms with Crippen LogP contribution in [0.1, 0.15) is 38.9 Å². The van der Waals surface area contributed by atoms with Gasteiger partial charge in [-0.1, -0.05) is 97.1 Å². The summed E-state index contributed by atoms with van der Waals surface area (Å²) in [7, 11) is 0. The monoisotopic (exact) mass is 1050 g/mol. The number of halogens is 6. The summed E-state index contributed by atoms with van der Waals surface area (Å²) >= 11 is 0. The molecular weight excluding hydrogens is 1020 g/mol. The Morgan fingerprint density at radius 3 is 0.838 bits per heavy atom. The largest absolute Gasteiger partial charge is 0.416 e. The van der Waals surface area contributed by atoms with E-state index in [0.717, 1.165) is 11.1 Å². The Balaban J connectivity index is 1.22. The van der Waals surface area contributed by atoms with E-state index in [0.29, 0.717) is 111 Å². The zero-order valence-electron chi connectivity index (χ0n) is 41.5. The lowest BCUT2D eigenvalue weighted by molar-refractivity contribution is -0.143. The van der Waals surface area contributed by atoms with Crippen molar-refractivity contribution in [1.29, 1.82) is 26.3 Å². The van der Waals surface area contributed by atoms with Crippen molar-refractivity contribution in [2.75, 3.05) is 0 Å². The predicted molar refractivity (Wildman–Crippen MR) is 296 cm³/mol. The molecule has 0 saturated heterocycles. The highest BCUT2D eigenvalue weighted by atomic mass is 19.4. The van der Waals surface area contributed by atoms with Gasteiger partial charge in [0.05, 0.1) is 96.7 Å². The van der Waals surface area contributed by atoms with E-state index in [1.807, 2.05) is 72.8 Å². The molecule has 12 rings (SSSR count). The molecule has 10 aromatic carbocycles. The minimum absolute atomic E-state index is 0.0135. The molecule has 0 spiro atoms. The number of alkyl halides is 6. The Kier molecular flexibility index (Phi) is 11.9. The minimum Gasteiger partial charge on any atom is -0.309 e. The third-order valence-electron chi connectivity index (χ3n) is 14.5. The lowest BCUT2D eigenvalue weighted by atomic mass is 9.95. The summed E-state index contributed by atoms with van der Waals surface area (Å²) in [5, 5.41) is 52.7. The second kappa shape index (κ2) is 19.1. The van der Waals surface area contributed by atoms with Crippen LogP contribution in [-0.4, -0.2) is 9.13 Å². The van der Waals surface area contributed by atoms with Gasteiger partial charge in [-0.3, -0.25) is 0 Å². The smallest absolute Gasteiger partial charge is 0.309 e.